The summed E-state index contributed by atoms with van der Waals surface area (Å²) in [7, 11) is 0. The van der Waals surface area contributed by atoms with Crippen LogP contribution in [-0.4, -0.2) is 10.5 Å². The first-order valence-corrected chi connectivity index (χ1v) is 7.37. The van der Waals surface area contributed by atoms with Crippen molar-refractivity contribution in [2.75, 3.05) is 0 Å². The molecule has 2 unspecified atom stereocenters. The molecule has 2 nitrogen and oxygen atoms in total. The van der Waals surface area contributed by atoms with Crippen LogP contribution in [0.3, 0.4) is 0 Å². The second-order valence-corrected chi connectivity index (χ2v) is 6.48. The standard InChI is InChI=1S/C17H19ClN2/c1-17(2)15(12-7-9-19-10-8-12)11-16(20-17)13-3-5-14(18)6-4-13/h3-10,15-16,20H,11H2,1-2H3. The predicted octanol–water partition coefficient (Wildman–Crippen LogP) is 4.33. The van der Waals surface area contributed by atoms with Gasteiger partial charge in [0, 0.05) is 34.9 Å². The summed E-state index contributed by atoms with van der Waals surface area (Å²) in [5, 5.41) is 4.54. The summed E-state index contributed by atoms with van der Waals surface area (Å²) in [5.74, 6) is 0.492. The van der Waals surface area contributed by atoms with Crippen LogP contribution in [0.4, 0.5) is 0 Å². The van der Waals surface area contributed by atoms with Gasteiger partial charge in [0.05, 0.1) is 0 Å². The molecule has 1 saturated heterocycles. The van der Waals surface area contributed by atoms with E-state index in [0.717, 1.165) is 11.4 Å². The summed E-state index contributed by atoms with van der Waals surface area (Å²) < 4.78 is 0. The molecule has 0 saturated carbocycles. The molecule has 1 fully saturated rings. The van der Waals surface area contributed by atoms with Crippen LogP contribution in [0.25, 0.3) is 0 Å². The topological polar surface area (TPSA) is 24.9 Å². The average molecular weight is 287 g/mol. The lowest BCUT2D eigenvalue weighted by Gasteiger charge is -2.27. The van der Waals surface area contributed by atoms with Crippen molar-refractivity contribution >= 4 is 11.6 Å². The first-order chi connectivity index (χ1) is 9.56. The van der Waals surface area contributed by atoms with E-state index in [0.29, 0.717) is 12.0 Å². The van der Waals surface area contributed by atoms with Crippen molar-refractivity contribution in [2.45, 2.75) is 37.8 Å². The molecule has 1 aromatic heterocycles. The Morgan fingerprint density at radius 1 is 1.05 bits per heavy atom. The molecular formula is C17H19ClN2. The number of rotatable bonds is 2. The molecule has 2 heterocycles. The number of halogens is 1. The number of nitrogens with zero attached hydrogens (tertiary/aromatic N) is 1. The summed E-state index contributed by atoms with van der Waals surface area (Å²) in [6, 6.07) is 12.8. The zero-order valence-corrected chi connectivity index (χ0v) is 12.6. The van der Waals surface area contributed by atoms with Gasteiger partial charge in [0.25, 0.3) is 0 Å². The van der Waals surface area contributed by atoms with E-state index in [-0.39, 0.29) is 5.54 Å². The van der Waals surface area contributed by atoms with E-state index in [1.54, 1.807) is 0 Å². The molecule has 2 aromatic rings. The number of pyridine rings is 1. The van der Waals surface area contributed by atoms with Crippen molar-refractivity contribution in [1.82, 2.24) is 10.3 Å². The molecule has 0 bridgehead atoms. The summed E-state index contributed by atoms with van der Waals surface area (Å²) in [6.07, 6.45) is 4.85. The summed E-state index contributed by atoms with van der Waals surface area (Å²) in [5.41, 5.74) is 2.74. The smallest absolute Gasteiger partial charge is 0.0406 e. The fourth-order valence-corrected chi connectivity index (χ4v) is 3.33. The van der Waals surface area contributed by atoms with Crippen molar-refractivity contribution in [1.29, 1.82) is 0 Å². The Morgan fingerprint density at radius 2 is 1.70 bits per heavy atom. The highest BCUT2D eigenvalue weighted by molar-refractivity contribution is 6.30. The van der Waals surface area contributed by atoms with E-state index in [1.165, 1.54) is 11.1 Å². The molecule has 20 heavy (non-hydrogen) atoms. The third-order valence-electron chi connectivity index (χ3n) is 4.27. The van der Waals surface area contributed by atoms with Gasteiger partial charge in [-0.2, -0.15) is 0 Å². The van der Waals surface area contributed by atoms with Crippen LogP contribution < -0.4 is 5.32 Å². The molecule has 104 valence electrons. The summed E-state index contributed by atoms with van der Waals surface area (Å²) >= 11 is 5.97. The first kappa shape index (κ1) is 13.6. The zero-order chi connectivity index (χ0) is 14.2. The highest BCUT2D eigenvalue weighted by Crippen LogP contribution is 2.43. The van der Waals surface area contributed by atoms with Crippen molar-refractivity contribution in [3.8, 4) is 0 Å². The van der Waals surface area contributed by atoms with Crippen molar-refractivity contribution in [3.05, 3.63) is 64.9 Å². The maximum atomic E-state index is 5.97. The number of benzene rings is 1. The molecule has 0 spiro atoms. The van der Waals surface area contributed by atoms with Gasteiger partial charge in [-0.05, 0) is 55.7 Å². The quantitative estimate of drug-likeness (QED) is 0.889. The van der Waals surface area contributed by atoms with Crippen molar-refractivity contribution in [2.24, 2.45) is 0 Å². The lowest BCUT2D eigenvalue weighted by Crippen LogP contribution is -2.37. The van der Waals surface area contributed by atoms with E-state index < -0.39 is 0 Å². The largest absolute Gasteiger partial charge is 0.304 e. The van der Waals surface area contributed by atoms with Crippen LogP contribution >= 0.6 is 11.6 Å². The Kier molecular flexibility index (Phi) is 3.53. The van der Waals surface area contributed by atoms with Crippen LogP contribution in [0.1, 0.15) is 43.4 Å². The molecule has 1 N–H and O–H groups in total. The number of nitrogens with one attached hydrogen (secondary N) is 1. The zero-order valence-electron chi connectivity index (χ0n) is 11.8. The Hall–Kier alpha value is -1.38. The highest BCUT2D eigenvalue weighted by atomic mass is 35.5. The Balaban J connectivity index is 1.87. The molecule has 1 aliphatic heterocycles. The van der Waals surface area contributed by atoms with Crippen molar-refractivity contribution < 1.29 is 0 Å². The fraction of sp³-hybridized carbons (Fsp3) is 0.353. The molecule has 3 heteroatoms. The maximum Gasteiger partial charge on any atom is 0.0406 e. The minimum Gasteiger partial charge on any atom is -0.304 e. The second-order valence-electron chi connectivity index (χ2n) is 6.04. The van der Waals surface area contributed by atoms with Crippen LogP contribution in [0, 0.1) is 0 Å². The first-order valence-electron chi connectivity index (χ1n) is 6.99. The average Bonchev–Trinajstić information content (AvgIpc) is 2.76. The van der Waals surface area contributed by atoms with Crippen LogP contribution in [-0.2, 0) is 0 Å². The molecule has 3 rings (SSSR count). The predicted molar refractivity (Wildman–Crippen MR) is 83.0 cm³/mol. The Bertz CT molecular complexity index is 578. The number of aromatic nitrogens is 1. The third-order valence-corrected chi connectivity index (χ3v) is 4.52. The lowest BCUT2D eigenvalue weighted by atomic mass is 9.83. The monoisotopic (exact) mass is 286 g/mol. The van der Waals surface area contributed by atoms with E-state index in [9.17, 15) is 0 Å². The second kappa shape index (κ2) is 5.19. The van der Waals surface area contributed by atoms with Gasteiger partial charge in [-0.25, -0.2) is 0 Å². The SMILES string of the molecule is CC1(C)NC(c2ccc(Cl)cc2)CC1c1ccncc1. The minimum absolute atomic E-state index is 0.0751. The van der Waals surface area contributed by atoms with Gasteiger partial charge in [-0.3, -0.25) is 4.98 Å². The molecule has 1 aliphatic rings. The summed E-state index contributed by atoms with van der Waals surface area (Å²) in [6.45, 7) is 4.54. The third kappa shape index (κ3) is 2.58. The summed E-state index contributed by atoms with van der Waals surface area (Å²) in [4.78, 5) is 4.12. The van der Waals surface area contributed by atoms with E-state index in [1.807, 2.05) is 24.5 Å². The van der Waals surface area contributed by atoms with Gasteiger partial charge in [0.15, 0.2) is 0 Å². The lowest BCUT2D eigenvalue weighted by molar-refractivity contribution is 0.397. The van der Waals surface area contributed by atoms with Gasteiger partial charge >= 0.3 is 0 Å². The van der Waals surface area contributed by atoms with E-state index in [4.69, 9.17) is 11.6 Å². The van der Waals surface area contributed by atoms with E-state index in [2.05, 4.69) is 48.4 Å². The van der Waals surface area contributed by atoms with Gasteiger partial charge in [0.2, 0.25) is 0 Å². The maximum absolute atomic E-state index is 5.97. The molecule has 0 radical (unpaired) electrons. The van der Waals surface area contributed by atoms with Gasteiger partial charge in [-0.1, -0.05) is 23.7 Å². The number of hydrogen-bond donors (Lipinski definition) is 1. The number of hydrogen-bond acceptors (Lipinski definition) is 2. The minimum atomic E-state index is 0.0751. The van der Waals surface area contributed by atoms with Gasteiger partial charge in [-0.15, -0.1) is 0 Å². The Labute approximate surface area is 125 Å². The molecular weight excluding hydrogens is 268 g/mol. The Morgan fingerprint density at radius 3 is 2.35 bits per heavy atom. The normalized spacial score (nSPS) is 24.8. The van der Waals surface area contributed by atoms with Crippen LogP contribution in [0.2, 0.25) is 5.02 Å². The fourth-order valence-electron chi connectivity index (χ4n) is 3.20. The molecule has 1 aromatic carbocycles. The molecule has 0 aliphatic carbocycles. The van der Waals surface area contributed by atoms with Crippen LogP contribution in [0.5, 0.6) is 0 Å². The van der Waals surface area contributed by atoms with Gasteiger partial charge < -0.3 is 5.32 Å². The highest BCUT2D eigenvalue weighted by Gasteiger charge is 2.40. The van der Waals surface area contributed by atoms with Crippen LogP contribution in [0.15, 0.2) is 48.8 Å². The van der Waals surface area contributed by atoms with Crippen molar-refractivity contribution in [3.63, 3.8) is 0 Å². The molecule has 0 amide bonds. The molecule has 2 atom stereocenters. The van der Waals surface area contributed by atoms with E-state index >= 15 is 0 Å². The van der Waals surface area contributed by atoms with Gasteiger partial charge in [0.1, 0.15) is 0 Å².